The summed E-state index contributed by atoms with van der Waals surface area (Å²) in [5, 5.41) is 5.98. The van der Waals surface area contributed by atoms with Crippen molar-refractivity contribution in [2.75, 3.05) is 13.2 Å². The van der Waals surface area contributed by atoms with Gasteiger partial charge in [0.2, 0.25) is 5.91 Å². The molecule has 0 radical (unpaired) electrons. The van der Waals surface area contributed by atoms with Crippen LogP contribution in [0.25, 0.3) is 0 Å². The van der Waals surface area contributed by atoms with Gasteiger partial charge in [0.25, 0.3) is 0 Å². The maximum atomic E-state index is 12.9. The molecule has 184 valence electrons. The Hall–Kier alpha value is -1.30. The molecule has 6 nitrogen and oxygen atoms in total. The topological polar surface area (TPSA) is 76.7 Å². The SMILES string of the molecule is CC(C)(C)CCC(C)(C)C(=O)NC(C)(C)CCOC(C)(C)CCNC(=O)OC(C)(C)C. The van der Waals surface area contributed by atoms with Crippen LogP contribution in [0.1, 0.15) is 109 Å². The Kier molecular flexibility index (Phi) is 10.6. The lowest BCUT2D eigenvalue weighted by Crippen LogP contribution is -2.50. The Balaban J connectivity index is 4.45. The van der Waals surface area contributed by atoms with Gasteiger partial charge in [0.15, 0.2) is 0 Å². The smallest absolute Gasteiger partial charge is 0.407 e. The highest BCUT2D eigenvalue weighted by Crippen LogP contribution is 2.31. The highest BCUT2D eigenvalue weighted by molar-refractivity contribution is 5.82. The molecule has 31 heavy (non-hydrogen) atoms. The van der Waals surface area contributed by atoms with Gasteiger partial charge in [0.1, 0.15) is 5.60 Å². The van der Waals surface area contributed by atoms with Crippen molar-refractivity contribution in [1.29, 1.82) is 0 Å². The average Bonchev–Trinajstić information content (AvgIpc) is 2.49. The zero-order valence-corrected chi connectivity index (χ0v) is 22.4. The fraction of sp³-hybridized carbons (Fsp3) is 0.920. The number of nitrogens with one attached hydrogen (secondary N) is 2. The van der Waals surface area contributed by atoms with Crippen LogP contribution in [0, 0.1) is 10.8 Å². The van der Waals surface area contributed by atoms with E-state index in [4.69, 9.17) is 9.47 Å². The fourth-order valence-electron chi connectivity index (χ4n) is 2.77. The minimum absolute atomic E-state index is 0.0857. The molecule has 0 aromatic rings. The van der Waals surface area contributed by atoms with Gasteiger partial charge in [-0.3, -0.25) is 4.79 Å². The number of carbonyl (C=O) groups excluding carboxylic acids is 2. The summed E-state index contributed by atoms with van der Waals surface area (Å²) in [4.78, 5) is 24.6. The zero-order valence-electron chi connectivity index (χ0n) is 22.4. The van der Waals surface area contributed by atoms with E-state index in [-0.39, 0.29) is 22.5 Å². The van der Waals surface area contributed by atoms with Crippen LogP contribution in [0.5, 0.6) is 0 Å². The van der Waals surface area contributed by atoms with Crippen molar-refractivity contribution in [3.05, 3.63) is 0 Å². The molecule has 0 saturated carbocycles. The third-order valence-corrected chi connectivity index (χ3v) is 5.18. The molecule has 0 spiro atoms. The molecule has 2 amide bonds. The summed E-state index contributed by atoms with van der Waals surface area (Å²) in [7, 11) is 0. The van der Waals surface area contributed by atoms with Crippen molar-refractivity contribution in [3.8, 4) is 0 Å². The molecule has 0 fully saturated rings. The van der Waals surface area contributed by atoms with Crippen molar-refractivity contribution in [3.63, 3.8) is 0 Å². The van der Waals surface area contributed by atoms with E-state index in [2.05, 4.69) is 31.4 Å². The van der Waals surface area contributed by atoms with Crippen molar-refractivity contribution in [2.24, 2.45) is 10.8 Å². The first-order valence-electron chi connectivity index (χ1n) is 11.6. The Labute approximate surface area is 191 Å². The molecule has 0 bridgehead atoms. The van der Waals surface area contributed by atoms with Crippen LogP contribution in [-0.2, 0) is 14.3 Å². The molecule has 0 unspecified atom stereocenters. The summed E-state index contributed by atoms with van der Waals surface area (Å²) < 4.78 is 11.3. The predicted molar refractivity (Wildman–Crippen MR) is 128 cm³/mol. The summed E-state index contributed by atoms with van der Waals surface area (Å²) in [6.07, 6.45) is 2.81. The summed E-state index contributed by atoms with van der Waals surface area (Å²) in [6.45, 7) is 25.2. The third-order valence-electron chi connectivity index (χ3n) is 5.18. The van der Waals surface area contributed by atoms with E-state index in [9.17, 15) is 9.59 Å². The summed E-state index contributed by atoms with van der Waals surface area (Å²) >= 11 is 0. The van der Waals surface area contributed by atoms with Crippen molar-refractivity contribution in [1.82, 2.24) is 10.6 Å². The molecule has 0 aromatic heterocycles. The highest BCUT2D eigenvalue weighted by atomic mass is 16.6. The quantitative estimate of drug-likeness (QED) is 0.422. The standard InChI is InChI=1S/C25H50N2O4/c1-21(2,3)13-14-23(7,8)19(28)27-24(9,10)16-18-30-25(11,12)15-17-26-20(29)31-22(4,5)6/h13-18H2,1-12H3,(H,26,29)(H,27,28). The summed E-state index contributed by atoms with van der Waals surface area (Å²) in [6, 6.07) is 0. The molecule has 6 heteroatoms. The maximum absolute atomic E-state index is 12.9. The second-order valence-corrected chi connectivity index (χ2v) is 12.8. The van der Waals surface area contributed by atoms with Crippen molar-refractivity contribution < 1.29 is 19.1 Å². The molecule has 0 aliphatic rings. The van der Waals surface area contributed by atoms with Crippen LogP contribution >= 0.6 is 0 Å². The molecule has 2 N–H and O–H groups in total. The Bertz CT molecular complexity index is 581. The minimum Gasteiger partial charge on any atom is -0.444 e. The van der Waals surface area contributed by atoms with E-state index in [0.717, 1.165) is 12.8 Å². The largest absolute Gasteiger partial charge is 0.444 e. The van der Waals surface area contributed by atoms with Gasteiger partial charge in [-0.25, -0.2) is 4.79 Å². The second kappa shape index (κ2) is 11.0. The Morgan fingerprint density at radius 1 is 0.742 bits per heavy atom. The first-order chi connectivity index (χ1) is 13.6. The molecule has 0 aliphatic carbocycles. The second-order valence-electron chi connectivity index (χ2n) is 12.8. The minimum atomic E-state index is -0.507. The van der Waals surface area contributed by atoms with Gasteiger partial charge in [0, 0.05) is 24.1 Å². The molecule has 0 saturated heterocycles. The van der Waals surface area contributed by atoms with Gasteiger partial charge in [-0.05, 0) is 79.6 Å². The Morgan fingerprint density at radius 3 is 1.77 bits per heavy atom. The van der Waals surface area contributed by atoms with E-state index in [1.54, 1.807) is 0 Å². The van der Waals surface area contributed by atoms with Gasteiger partial charge in [-0.1, -0.05) is 34.6 Å². The van der Waals surface area contributed by atoms with Crippen LogP contribution in [0.2, 0.25) is 0 Å². The van der Waals surface area contributed by atoms with Crippen LogP contribution in [0.4, 0.5) is 4.79 Å². The number of hydrogen-bond donors (Lipinski definition) is 2. The number of amides is 2. The van der Waals surface area contributed by atoms with Gasteiger partial charge < -0.3 is 20.1 Å². The molecule has 0 rings (SSSR count). The zero-order chi connectivity index (χ0) is 24.7. The molecule has 0 heterocycles. The van der Waals surface area contributed by atoms with E-state index in [1.165, 1.54) is 0 Å². The Morgan fingerprint density at radius 2 is 1.29 bits per heavy atom. The lowest BCUT2D eigenvalue weighted by molar-refractivity contribution is -0.132. The number of rotatable bonds is 11. The number of hydrogen-bond acceptors (Lipinski definition) is 4. The molecular weight excluding hydrogens is 392 g/mol. The first-order valence-corrected chi connectivity index (χ1v) is 11.6. The molecule has 0 atom stereocenters. The number of alkyl carbamates (subject to hydrolysis) is 1. The monoisotopic (exact) mass is 442 g/mol. The first kappa shape index (κ1) is 29.7. The van der Waals surface area contributed by atoms with E-state index >= 15 is 0 Å². The van der Waals surface area contributed by atoms with Gasteiger partial charge in [-0.15, -0.1) is 0 Å². The molecule has 0 aromatic carbocycles. The van der Waals surface area contributed by atoms with E-state index in [0.29, 0.717) is 26.0 Å². The number of carbonyl (C=O) groups is 2. The summed E-state index contributed by atoms with van der Waals surface area (Å²) in [5.74, 6) is 0.0857. The van der Waals surface area contributed by atoms with Crippen molar-refractivity contribution in [2.45, 2.75) is 126 Å². The fourth-order valence-corrected chi connectivity index (χ4v) is 2.77. The van der Waals surface area contributed by atoms with Crippen LogP contribution in [0.3, 0.4) is 0 Å². The third kappa shape index (κ3) is 15.2. The van der Waals surface area contributed by atoms with Gasteiger partial charge in [-0.2, -0.15) is 0 Å². The van der Waals surface area contributed by atoms with Crippen LogP contribution in [0.15, 0.2) is 0 Å². The summed E-state index contributed by atoms with van der Waals surface area (Å²) in [5.41, 5.74) is -1.45. The van der Waals surface area contributed by atoms with E-state index in [1.807, 2.05) is 62.3 Å². The predicted octanol–water partition coefficient (Wildman–Crippen LogP) is 5.83. The average molecular weight is 443 g/mol. The lowest BCUT2D eigenvalue weighted by Gasteiger charge is -2.34. The maximum Gasteiger partial charge on any atom is 0.407 e. The van der Waals surface area contributed by atoms with Crippen LogP contribution in [-0.4, -0.2) is 41.9 Å². The van der Waals surface area contributed by atoms with E-state index < -0.39 is 17.1 Å². The number of ether oxygens (including phenoxy) is 2. The van der Waals surface area contributed by atoms with Crippen molar-refractivity contribution >= 4 is 12.0 Å². The highest BCUT2D eigenvalue weighted by Gasteiger charge is 2.33. The molecule has 0 aliphatic heterocycles. The van der Waals surface area contributed by atoms with Crippen LogP contribution < -0.4 is 10.6 Å². The van der Waals surface area contributed by atoms with Gasteiger partial charge >= 0.3 is 6.09 Å². The lowest BCUT2D eigenvalue weighted by atomic mass is 9.79. The molecular formula is C25H50N2O4. The van der Waals surface area contributed by atoms with Gasteiger partial charge in [0.05, 0.1) is 5.60 Å². The normalized spacial score (nSPS) is 13.7.